The number of allylic oxidation sites excluding steroid dienone is 1. The van der Waals surface area contributed by atoms with Crippen LogP contribution in [0.4, 0.5) is 0 Å². The Morgan fingerprint density at radius 3 is 2.92 bits per heavy atom. The third kappa shape index (κ3) is 3.34. The maximum atomic E-state index is 12.5. The van der Waals surface area contributed by atoms with Crippen LogP contribution in [0.5, 0.6) is 0 Å². The van der Waals surface area contributed by atoms with E-state index in [2.05, 4.69) is 43.1 Å². The molecule has 3 nitrogen and oxygen atoms in total. The summed E-state index contributed by atoms with van der Waals surface area (Å²) in [5.41, 5.74) is 3.03. The van der Waals surface area contributed by atoms with Gasteiger partial charge in [-0.25, -0.2) is 0 Å². The maximum Gasteiger partial charge on any atom is 0.310 e. The van der Waals surface area contributed by atoms with Crippen LogP contribution in [0.2, 0.25) is 0 Å². The van der Waals surface area contributed by atoms with Crippen LogP contribution in [0.3, 0.4) is 0 Å². The van der Waals surface area contributed by atoms with Gasteiger partial charge in [-0.1, -0.05) is 49.4 Å². The minimum absolute atomic E-state index is 0.00931. The minimum atomic E-state index is 0.00931. The van der Waals surface area contributed by atoms with Gasteiger partial charge >= 0.3 is 5.97 Å². The fraction of sp³-hybridized carbons (Fsp3) is 0.609. The fourth-order valence-corrected chi connectivity index (χ4v) is 5.62. The fourth-order valence-electron chi connectivity index (χ4n) is 5.62. The highest BCUT2D eigenvalue weighted by Gasteiger charge is 2.54. The third-order valence-electron chi connectivity index (χ3n) is 7.12. The van der Waals surface area contributed by atoms with E-state index >= 15 is 0 Å². The average Bonchev–Trinajstić information content (AvgIpc) is 2.92. The lowest BCUT2D eigenvalue weighted by Gasteiger charge is -2.50. The molecule has 1 heterocycles. The Balaban J connectivity index is 1.36. The zero-order valence-electron chi connectivity index (χ0n) is 15.9. The van der Waals surface area contributed by atoms with E-state index in [1.165, 1.54) is 24.0 Å². The van der Waals surface area contributed by atoms with Crippen LogP contribution in [0.25, 0.3) is 0 Å². The van der Waals surface area contributed by atoms with E-state index in [-0.39, 0.29) is 23.4 Å². The molecule has 3 aliphatic rings. The number of ether oxygens (including phenoxy) is 1. The van der Waals surface area contributed by atoms with Gasteiger partial charge in [0.25, 0.3) is 0 Å². The predicted molar refractivity (Wildman–Crippen MR) is 104 cm³/mol. The molecule has 0 spiro atoms. The first-order valence-corrected chi connectivity index (χ1v) is 10.2. The van der Waals surface area contributed by atoms with Gasteiger partial charge < -0.3 is 10.1 Å². The molecule has 2 saturated carbocycles. The number of hydrogen-bond acceptors (Lipinski definition) is 3. The van der Waals surface area contributed by atoms with Crippen LogP contribution in [0, 0.1) is 23.2 Å². The molecule has 1 aliphatic heterocycles. The number of hydrogen-bond donors (Lipinski definition) is 1. The van der Waals surface area contributed by atoms with Gasteiger partial charge in [0.15, 0.2) is 0 Å². The van der Waals surface area contributed by atoms with Crippen molar-refractivity contribution < 1.29 is 9.53 Å². The smallest absolute Gasteiger partial charge is 0.310 e. The Labute approximate surface area is 157 Å². The van der Waals surface area contributed by atoms with Gasteiger partial charge in [-0.3, -0.25) is 4.79 Å². The van der Waals surface area contributed by atoms with Crippen molar-refractivity contribution in [3.05, 3.63) is 48.0 Å². The molecule has 26 heavy (non-hydrogen) atoms. The summed E-state index contributed by atoms with van der Waals surface area (Å²) in [5, 5.41) is 3.51. The summed E-state index contributed by atoms with van der Waals surface area (Å²) in [7, 11) is 0. The lowest BCUT2D eigenvalue weighted by Crippen LogP contribution is -2.45. The number of fused-ring (bicyclic) bond motifs is 2. The average molecular weight is 354 g/mol. The second kappa shape index (κ2) is 7.19. The first kappa shape index (κ1) is 17.8. The van der Waals surface area contributed by atoms with Crippen molar-refractivity contribution in [3.8, 4) is 0 Å². The summed E-state index contributed by atoms with van der Waals surface area (Å²) >= 11 is 0. The van der Waals surface area contributed by atoms with Crippen LogP contribution < -0.4 is 5.32 Å². The Bertz CT molecular complexity index is 670. The van der Waals surface area contributed by atoms with Gasteiger partial charge in [0.05, 0.1) is 5.92 Å². The van der Waals surface area contributed by atoms with Crippen molar-refractivity contribution in [2.75, 3.05) is 13.1 Å². The highest BCUT2D eigenvalue weighted by molar-refractivity contribution is 5.75. The van der Waals surface area contributed by atoms with Crippen LogP contribution >= 0.6 is 0 Å². The summed E-state index contributed by atoms with van der Waals surface area (Å²) < 4.78 is 5.83. The largest absolute Gasteiger partial charge is 0.462 e. The molecule has 0 amide bonds. The van der Waals surface area contributed by atoms with Gasteiger partial charge in [-0.15, -0.1) is 0 Å². The van der Waals surface area contributed by atoms with Crippen LogP contribution in [-0.2, 0) is 16.0 Å². The lowest BCUT2D eigenvalue weighted by atomic mass is 9.55. The summed E-state index contributed by atoms with van der Waals surface area (Å²) in [6.45, 7) is 8.40. The molecule has 3 fully saturated rings. The van der Waals surface area contributed by atoms with Gasteiger partial charge in [0, 0.05) is 12.5 Å². The summed E-state index contributed by atoms with van der Waals surface area (Å²) in [5.74, 6) is 0.952. The van der Waals surface area contributed by atoms with E-state index in [0.29, 0.717) is 11.8 Å². The molecular weight excluding hydrogens is 322 g/mol. The highest BCUT2D eigenvalue weighted by Crippen LogP contribution is 2.56. The maximum absolute atomic E-state index is 12.5. The third-order valence-corrected chi connectivity index (χ3v) is 7.12. The second-order valence-electron chi connectivity index (χ2n) is 8.84. The molecule has 140 valence electrons. The number of carbonyl (C=O) groups excluding carboxylic acids is 1. The van der Waals surface area contributed by atoms with E-state index < -0.39 is 0 Å². The normalized spacial score (nSPS) is 36.3. The Morgan fingerprint density at radius 2 is 2.12 bits per heavy atom. The SMILES string of the molecule is C=C1CCC[C@]2(C)C[C@H]3OC(=O)[C@@H](CNCCc4ccccc4)[C@H]3C[C@@H]12. The molecule has 5 atom stereocenters. The van der Waals surface area contributed by atoms with E-state index in [1.54, 1.807) is 0 Å². The number of esters is 1. The Kier molecular flexibility index (Phi) is 4.92. The summed E-state index contributed by atoms with van der Waals surface area (Å²) in [4.78, 5) is 12.5. The van der Waals surface area contributed by atoms with Gasteiger partial charge in [0.2, 0.25) is 0 Å². The Morgan fingerprint density at radius 1 is 1.31 bits per heavy atom. The van der Waals surface area contributed by atoms with Gasteiger partial charge in [-0.05, 0) is 62.0 Å². The predicted octanol–water partition coefficient (Wildman–Crippen LogP) is 4.13. The minimum Gasteiger partial charge on any atom is -0.462 e. The van der Waals surface area contributed by atoms with Crippen molar-refractivity contribution >= 4 is 5.97 Å². The first-order chi connectivity index (χ1) is 12.6. The van der Waals surface area contributed by atoms with Crippen molar-refractivity contribution in [2.45, 2.75) is 51.6 Å². The molecule has 1 saturated heterocycles. The molecule has 0 unspecified atom stereocenters. The number of rotatable bonds is 5. The van der Waals surface area contributed by atoms with Crippen molar-refractivity contribution in [1.29, 1.82) is 0 Å². The summed E-state index contributed by atoms with van der Waals surface area (Å²) in [6.07, 6.45) is 6.86. The topological polar surface area (TPSA) is 38.3 Å². The van der Waals surface area contributed by atoms with Gasteiger partial charge in [0.1, 0.15) is 6.10 Å². The molecule has 1 aromatic rings. The molecule has 0 radical (unpaired) electrons. The quantitative estimate of drug-likeness (QED) is 0.491. The van der Waals surface area contributed by atoms with E-state index in [0.717, 1.165) is 38.8 Å². The van der Waals surface area contributed by atoms with Gasteiger partial charge in [-0.2, -0.15) is 0 Å². The van der Waals surface area contributed by atoms with E-state index in [4.69, 9.17) is 4.74 Å². The molecule has 3 heteroatoms. The van der Waals surface area contributed by atoms with Crippen molar-refractivity contribution in [1.82, 2.24) is 5.32 Å². The standard InChI is InChI=1S/C23H31NO2/c1-16-7-6-11-23(2)14-21-18(13-20(16)23)19(22(25)26-21)15-24-12-10-17-8-4-3-5-9-17/h3-5,8-9,18-21,24H,1,6-7,10-15H2,2H3/t18-,19+,20+,21-,23-/m1/s1. The molecule has 0 bridgehead atoms. The number of nitrogens with one attached hydrogen (secondary N) is 1. The van der Waals surface area contributed by atoms with Crippen LogP contribution in [0.15, 0.2) is 42.5 Å². The number of carbonyl (C=O) groups is 1. The molecule has 1 aromatic carbocycles. The van der Waals surface area contributed by atoms with E-state index in [1.807, 2.05) is 6.07 Å². The van der Waals surface area contributed by atoms with Crippen molar-refractivity contribution in [3.63, 3.8) is 0 Å². The van der Waals surface area contributed by atoms with Crippen LogP contribution in [-0.4, -0.2) is 25.2 Å². The molecule has 2 aliphatic carbocycles. The first-order valence-electron chi connectivity index (χ1n) is 10.2. The molecule has 0 aromatic heterocycles. The molecular formula is C23H31NO2. The highest BCUT2D eigenvalue weighted by atomic mass is 16.6. The zero-order valence-corrected chi connectivity index (χ0v) is 15.9. The second-order valence-corrected chi connectivity index (χ2v) is 8.84. The number of benzene rings is 1. The summed E-state index contributed by atoms with van der Waals surface area (Å²) in [6, 6.07) is 10.5. The Hall–Kier alpha value is -1.61. The van der Waals surface area contributed by atoms with Crippen molar-refractivity contribution in [2.24, 2.45) is 23.2 Å². The van der Waals surface area contributed by atoms with E-state index in [9.17, 15) is 4.79 Å². The zero-order chi connectivity index (χ0) is 18.1. The molecule has 1 N–H and O–H groups in total. The lowest BCUT2D eigenvalue weighted by molar-refractivity contribution is -0.146. The van der Waals surface area contributed by atoms with Crippen LogP contribution in [0.1, 0.15) is 44.6 Å². The molecule has 4 rings (SSSR count). The monoisotopic (exact) mass is 353 g/mol.